The highest BCUT2D eigenvalue weighted by Gasteiger charge is 2.38. The van der Waals surface area contributed by atoms with E-state index in [-0.39, 0.29) is 17.5 Å². The molecule has 3 aromatic rings. The van der Waals surface area contributed by atoms with Crippen LogP contribution in [0.3, 0.4) is 0 Å². The molecule has 0 aromatic heterocycles. The van der Waals surface area contributed by atoms with Gasteiger partial charge in [-0.05, 0) is 25.0 Å². The summed E-state index contributed by atoms with van der Waals surface area (Å²) in [6, 6.07) is 25.5. The Kier molecular flexibility index (Phi) is 8.15. The van der Waals surface area contributed by atoms with E-state index in [1.54, 1.807) is 32.0 Å². The first-order valence-electron chi connectivity index (χ1n) is 12.0. The molecule has 8 heteroatoms. The predicted octanol–water partition coefficient (Wildman–Crippen LogP) is 2.96. The van der Waals surface area contributed by atoms with Crippen LogP contribution in [0.15, 0.2) is 107 Å². The molecule has 1 heterocycles. The first-order chi connectivity index (χ1) is 17.9. The zero-order valence-electron chi connectivity index (χ0n) is 20.7. The minimum Gasteiger partial charge on any atom is -0.595 e. The van der Waals surface area contributed by atoms with Crippen LogP contribution in [0.4, 0.5) is 5.69 Å². The molecule has 0 saturated heterocycles. The van der Waals surface area contributed by atoms with Crippen LogP contribution >= 0.6 is 0 Å². The molecule has 0 fully saturated rings. The van der Waals surface area contributed by atoms with Crippen molar-refractivity contribution in [2.75, 3.05) is 0 Å². The van der Waals surface area contributed by atoms with Gasteiger partial charge in [0, 0.05) is 47.3 Å². The number of para-hydroxylation sites is 1. The van der Waals surface area contributed by atoms with Gasteiger partial charge in [0.1, 0.15) is 0 Å². The third-order valence-corrected chi connectivity index (χ3v) is 6.34. The molecule has 5 N–H and O–H groups in total. The summed E-state index contributed by atoms with van der Waals surface area (Å²) >= 11 is 0. The van der Waals surface area contributed by atoms with Crippen LogP contribution < -0.4 is 21.2 Å². The molecule has 37 heavy (non-hydrogen) atoms. The van der Waals surface area contributed by atoms with E-state index in [9.17, 15) is 20.0 Å². The fraction of sp³-hybridized carbons (Fsp3) is 0.172. The van der Waals surface area contributed by atoms with E-state index in [0.29, 0.717) is 41.2 Å². The van der Waals surface area contributed by atoms with Crippen molar-refractivity contribution >= 4 is 17.5 Å². The van der Waals surface area contributed by atoms with Crippen LogP contribution in [0.25, 0.3) is 0 Å². The monoisotopic (exact) mass is 498 g/mol. The van der Waals surface area contributed by atoms with Crippen LogP contribution in [0, 0.1) is 5.21 Å². The number of allylic oxidation sites excluding steroid dienone is 2. The Bertz CT molecular complexity index is 1260. The summed E-state index contributed by atoms with van der Waals surface area (Å²) < 4.78 is 0. The lowest BCUT2D eigenvalue weighted by Gasteiger charge is -2.32. The fourth-order valence-electron chi connectivity index (χ4n) is 4.60. The third-order valence-electron chi connectivity index (χ3n) is 6.34. The average molecular weight is 499 g/mol. The first kappa shape index (κ1) is 25.8. The lowest BCUT2D eigenvalue weighted by Crippen LogP contribution is -2.99. The smallest absolute Gasteiger partial charge is 0.250 e. The molecule has 3 aromatic carbocycles. The second kappa shape index (κ2) is 11.7. The summed E-state index contributed by atoms with van der Waals surface area (Å²) in [5.74, 6) is -1.63. The normalized spacial score (nSPS) is 14.7. The molecule has 1 atom stereocenters. The molecule has 0 aliphatic carbocycles. The molecule has 190 valence electrons. The minimum atomic E-state index is -1.13. The Balaban J connectivity index is 1.72. The number of dihydropyridines is 1. The second-order valence-corrected chi connectivity index (χ2v) is 8.86. The van der Waals surface area contributed by atoms with Crippen molar-refractivity contribution < 1.29 is 20.0 Å². The van der Waals surface area contributed by atoms with Crippen molar-refractivity contribution in [1.82, 2.24) is 16.0 Å². The molecule has 0 radical (unpaired) electrons. The average Bonchev–Trinajstić information content (AvgIpc) is 2.91. The quantitative estimate of drug-likeness (QED) is 0.306. The number of rotatable bonds is 8. The lowest BCUT2D eigenvalue weighted by atomic mass is 9.79. The standard InChI is InChI=1S/C29H30N4O4/c1-19-25(28(34)30-17-21-11-5-3-6-12-21)27(23-15-9-10-16-24(23)33(36)37)26(20(2)32-19)29(35)31-18-22-13-7-4-8-14-22/h3-16,27,32-33,36H,17-18H2,1-2H3,(H,30,34)(H,31,35). The molecule has 1 aliphatic rings. The molecular formula is C29H30N4O4. The van der Waals surface area contributed by atoms with Gasteiger partial charge in [0.2, 0.25) is 11.8 Å². The summed E-state index contributed by atoms with van der Waals surface area (Å²) in [6.45, 7) is 4.11. The topological polar surface area (TPSA) is 118 Å². The SMILES string of the molecule is CC1=C(C(=O)NCc2ccccc2)C(c2ccccc2[NH+]([O-])O)C(C(=O)NCc2ccccc2)=C(C)N1. The maximum absolute atomic E-state index is 13.6. The fourth-order valence-corrected chi connectivity index (χ4v) is 4.60. The van der Waals surface area contributed by atoms with Crippen molar-refractivity contribution in [3.8, 4) is 0 Å². The van der Waals surface area contributed by atoms with Gasteiger partial charge in [-0.1, -0.05) is 78.9 Å². The highest BCUT2D eigenvalue weighted by Crippen LogP contribution is 2.40. The number of carbonyl (C=O) groups excluding carboxylic acids is 2. The van der Waals surface area contributed by atoms with Gasteiger partial charge in [-0.3, -0.25) is 9.59 Å². The van der Waals surface area contributed by atoms with Gasteiger partial charge in [-0.2, -0.15) is 5.23 Å². The van der Waals surface area contributed by atoms with E-state index < -0.39 is 11.1 Å². The number of carbonyl (C=O) groups is 2. The molecule has 1 aliphatic heterocycles. The van der Waals surface area contributed by atoms with Crippen molar-refractivity contribution in [2.45, 2.75) is 32.9 Å². The zero-order valence-corrected chi connectivity index (χ0v) is 20.7. The molecular weight excluding hydrogens is 468 g/mol. The van der Waals surface area contributed by atoms with Crippen LogP contribution in [-0.2, 0) is 22.7 Å². The largest absolute Gasteiger partial charge is 0.595 e. The van der Waals surface area contributed by atoms with Crippen molar-refractivity contribution in [2.24, 2.45) is 0 Å². The molecule has 0 spiro atoms. The maximum atomic E-state index is 13.6. The van der Waals surface area contributed by atoms with Gasteiger partial charge in [0.05, 0.1) is 5.92 Å². The van der Waals surface area contributed by atoms with E-state index in [0.717, 1.165) is 11.1 Å². The van der Waals surface area contributed by atoms with Crippen molar-refractivity contribution in [3.05, 3.63) is 129 Å². The van der Waals surface area contributed by atoms with E-state index in [1.165, 1.54) is 6.07 Å². The predicted molar refractivity (Wildman–Crippen MR) is 140 cm³/mol. The number of benzene rings is 3. The van der Waals surface area contributed by atoms with Gasteiger partial charge < -0.3 is 21.2 Å². The minimum absolute atomic E-state index is 0.0386. The van der Waals surface area contributed by atoms with Gasteiger partial charge in [0.15, 0.2) is 5.69 Å². The van der Waals surface area contributed by atoms with Crippen LogP contribution in [0.5, 0.6) is 0 Å². The van der Waals surface area contributed by atoms with Crippen LogP contribution in [0.1, 0.15) is 36.5 Å². The number of quaternary nitrogens is 1. The maximum Gasteiger partial charge on any atom is 0.250 e. The van der Waals surface area contributed by atoms with Crippen molar-refractivity contribution in [1.29, 1.82) is 0 Å². The molecule has 0 saturated carbocycles. The van der Waals surface area contributed by atoms with Crippen LogP contribution in [-0.4, -0.2) is 17.0 Å². The summed E-state index contributed by atoms with van der Waals surface area (Å²) in [4.78, 5) is 27.2. The van der Waals surface area contributed by atoms with Crippen molar-refractivity contribution in [3.63, 3.8) is 0 Å². The molecule has 1 unspecified atom stereocenters. The number of hydrogen-bond acceptors (Lipinski definition) is 5. The molecule has 0 bridgehead atoms. The van der Waals surface area contributed by atoms with Gasteiger partial charge in [-0.25, -0.2) is 5.21 Å². The van der Waals surface area contributed by atoms with E-state index in [2.05, 4.69) is 16.0 Å². The number of hydrogen-bond donors (Lipinski definition) is 5. The van der Waals surface area contributed by atoms with E-state index in [4.69, 9.17) is 0 Å². The molecule has 8 nitrogen and oxygen atoms in total. The summed E-state index contributed by atoms with van der Waals surface area (Å²) in [6.07, 6.45) is 0. The molecule has 2 amide bonds. The highest BCUT2D eigenvalue weighted by atomic mass is 16.8. The summed E-state index contributed by atoms with van der Waals surface area (Å²) in [5, 5.41) is 30.0. The second-order valence-electron chi connectivity index (χ2n) is 8.86. The third kappa shape index (κ3) is 5.95. The van der Waals surface area contributed by atoms with Gasteiger partial charge in [0.25, 0.3) is 0 Å². The van der Waals surface area contributed by atoms with E-state index in [1.807, 2.05) is 60.7 Å². The Hall–Kier alpha value is -4.24. The Morgan fingerprint density at radius 3 is 1.68 bits per heavy atom. The number of amides is 2. The Morgan fingerprint density at radius 1 is 0.784 bits per heavy atom. The molecule has 4 rings (SSSR count). The Morgan fingerprint density at radius 2 is 1.22 bits per heavy atom. The highest BCUT2D eigenvalue weighted by molar-refractivity contribution is 6.04. The number of nitrogens with one attached hydrogen (secondary N) is 4. The van der Waals surface area contributed by atoms with Gasteiger partial charge in [-0.15, -0.1) is 0 Å². The van der Waals surface area contributed by atoms with Crippen LogP contribution in [0.2, 0.25) is 0 Å². The zero-order chi connectivity index (χ0) is 26.4. The van der Waals surface area contributed by atoms with E-state index >= 15 is 0 Å². The van der Waals surface area contributed by atoms with Gasteiger partial charge >= 0.3 is 0 Å². The first-order valence-corrected chi connectivity index (χ1v) is 12.0. The Labute approximate surface area is 215 Å². The summed E-state index contributed by atoms with van der Waals surface area (Å²) in [7, 11) is 0. The summed E-state index contributed by atoms with van der Waals surface area (Å²) in [5.41, 5.74) is 4.00. The lowest BCUT2D eigenvalue weighted by molar-refractivity contribution is -0.991.